The third kappa shape index (κ3) is 5.95. The summed E-state index contributed by atoms with van der Waals surface area (Å²) in [6.45, 7) is 0. The third-order valence-electron chi connectivity index (χ3n) is 5.55. The molecule has 2 N–H and O–H groups in total. The van der Waals surface area contributed by atoms with Gasteiger partial charge >= 0.3 is 6.18 Å². The second kappa shape index (κ2) is 10.5. The Balaban J connectivity index is 1.53. The highest BCUT2D eigenvalue weighted by molar-refractivity contribution is 6.08. The van der Waals surface area contributed by atoms with Crippen LogP contribution in [0.3, 0.4) is 0 Å². The lowest BCUT2D eigenvalue weighted by atomic mass is 10.1. The molecule has 0 atom stereocenters. The zero-order valence-electron chi connectivity index (χ0n) is 20.0. The molecule has 1 aromatic heterocycles. The van der Waals surface area contributed by atoms with E-state index in [4.69, 9.17) is 0 Å². The Labute approximate surface area is 211 Å². The molecule has 37 heavy (non-hydrogen) atoms. The standard InChI is InChI=1S/C28H23F3N4O2/c1-35(2)24-16-25(32-17-22(24)18-9-4-3-5-10-18)34-26(36)19-11-8-12-20(15-19)33-27(37)21-13-6-7-14-23(21)28(29,30)31/h3-17H,1-2H3,(H,33,37)(H,32,34,36). The fourth-order valence-electron chi connectivity index (χ4n) is 3.78. The Kier molecular flexibility index (Phi) is 7.24. The minimum atomic E-state index is -4.68. The predicted octanol–water partition coefficient (Wildman–Crippen LogP) is 6.34. The molecule has 9 heteroatoms. The molecule has 0 fully saturated rings. The summed E-state index contributed by atoms with van der Waals surface area (Å²) in [4.78, 5) is 31.8. The number of nitrogens with one attached hydrogen (secondary N) is 2. The second-order valence-electron chi connectivity index (χ2n) is 8.38. The lowest BCUT2D eigenvalue weighted by Crippen LogP contribution is -2.19. The fourth-order valence-corrected chi connectivity index (χ4v) is 3.78. The van der Waals surface area contributed by atoms with Crippen LogP contribution in [-0.4, -0.2) is 30.9 Å². The fraction of sp³-hybridized carbons (Fsp3) is 0.107. The van der Waals surface area contributed by atoms with Gasteiger partial charge in [0, 0.05) is 48.9 Å². The number of rotatable bonds is 6. The van der Waals surface area contributed by atoms with Crippen molar-refractivity contribution in [2.24, 2.45) is 0 Å². The highest BCUT2D eigenvalue weighted by atomic mass is 19.4. The van der Waals surface area contributed by atoms with Crippen LogP contribution in [0.5, 0.6) is 0 Å². The van der Waals surface area contributed by atoms with Gasteiger partial charge in [-0.2, -0.15) is 13.2 Å². The van der Waals surface area contributed by atoms with Crippen molar-refractivity contribution in [3.8, 4) is 11.1 Å². The monoisotopic (exact) mass is 504 g/mol. The maximum absolute atomic E-state index is 13.3. The first-order valence-corrected chi connectivity index (χ1v) is 11.3. The van der Waals surface area contributed by atoms with Gasteiger partial charge in [0.25, 0.3) is 11.8 Å². The smallest absolute Gasteiger partial charge is 0.377 e. The van der Waals surface area contributed by atoms with E-state index in [-0.39, 0.29) is 11.3 Å². The summed E-state index contributed by atoms with van der Waals surface area (Å²) in [5, 5.41) is 5.17. The number of carbonyl (C=O) groups is 2. The number of nitrogens with zero attached hydrogens (tertiary/aromatic N) is 2. The molecule has 4 aromatic rings. The normalized spacial score (nSPS) is 11.1. The van der Waals surface area contributed by atoms with Gasteiger partial charge in [-0.25, -0.2) is 4.98 Å². The number of halogens is 3. The molecule has 0 radical (unpaired) electrons. The summed E-state index contributed by atoms with van der Waals surface area (Å²) in [6, 6.07) is 21.9. The molecule has 0 bridgehead atoms. The van der Waals surface area contributed by atoms with Gasteiger partial charge in [-0.3, -0.25) is 9.59 Å². The number of benzene rings is 3. The van der Waals surface area contributed by atoms with Crippen LogP contribution in [-0.2, 0) is 6.18 Å². The van der Waals surface area contributed by atoms with Crippen LogP contribution in [0.4, 0.5) is 30.4 Å². The van der Waals surface area contributed by atoms with Crippen molar-refractivity contribution in [2.75, 3.05) is 29.6 Å². The summed E-state index contributed by atoms with van der Waals surface area (Å²) in [6.07, 6.45) is -3.00. The number of pyridine rings is 1. The summed E-state index contributed by atoms with van der Waals surface area (Å²) < 4.78 is 39.8. The molecule has 0 unspecified atom stereocenters. The average molecular weight is 505 g/mol. The van der Waals surface area contributed by atoms with Gasteiger partial charge < -0.3 is 15.5 Å². The molecule has 3 aromatic carbocycles. The topological polar surface area (TPSA) is 74.3 Å². The highest BCUT2D eigenvalue weighted by Crippen LogP contribution is 2.33. The van der Waals surface area contributed by atoms with E-state index in [1.165, 1.54) is 36.4 Å². The Hall–Kier alpha value is -4.66. The van der Waals surface area contributed by atoms with E-state index in [0.29, 0.717) is 5.82 Å². The lowest BCUT2D eigenvalue weighted by molar-refractivity contribution is -0.137. The molecule has 0 saturated heterocycles. The molecule has 0 aliphatic rings. The average Bonchev–Trinajstić information content (AvgIpc) is 2.88. The van der Waals surface area contributed by atoms with Crippen LogP contribution >= 0.6 is 0 Å². The van der Waals surface area contributed by atoms with E-state index in [1.54, 1.807) is 12.3 Å². The summed E-state index contributed by atoms with van der Waals surface area (Å²) in [5.41, 5.74) is 1.55. The van der Waals surface area contributed by atoms with Crippen LogP contribution in [0.15, 0.2) is 91.1 Å². The van der Waals surface area contributed by atoms with Gasteiger partial charge in [0.2, 0.25) is 0 Å². The Morgan fingerprint density at radius 3 is 2.22 bits per heavy atom. The van der Waals surface area contributed by atoms with Crippen molar-refractivity contribution in [1.29, 1.82) is 0 Å². The minimum Gasteiger partial charge on any atom is -0.377 e. The van der Waals surface area contributed by atoms with Gasteiger partial charge in [0.05, 0.1) is 11.1 Å². The largest absolute Gasteiger partial charge is 0.417 e. The lowest BCUT2D eigenvalue weighted by Gasteiger charge is -2.18. The van der Waals surface area contributed by atoms with Crippen molar-refractivity contribution in [1.82, 2.24) is 4.98 Å². The summed E-state index contributed by atoms with van der Waals surface area (Å²) in [7, 11) is 3.77. The molecular weight excluding hydrogens is 481 g/mol. The van der Waals surface area contributed by atoms with Gasteiger partial charge in [-0.05, 0) is 35.9 Å². The zero-order valence-corrected chi connectivity index (χ0v) is 20.0. The van der Waals surface area contributed by atoms with E-state index in [0.717, 1.165) is 28.9 Å². The Morgan fingerprint density at radius 1 is 0.811 bits per heavy atom. The van der Waals surface area contributed by atoms with E-state index < -0.39 is 29.1 Å². The molecule has 0 aliphatic heterocycles. The van der Waals surface area contributed by atoms with E-state index in [9.17, 15) is 22.8 Å². The second-order valence-corrected chi connectivity index (χ2v) is 8.38. The van der Waals surface area contributed by atoms with Crippen LogP contribution in [0.25, 0.3) is 11.1 Å². The van der Waals surface area contributed by atoms with E-state index in [1.807, 2.05) is 49.3 Å². The SMILES string of the molecule is CN(C)c1cc(NC(=O)c2cccc(NC(=O)c3ccccc3C(F)(F)F)c2)ncc1-c1ccccc1. The number of aromatic nitrogens is 1. The third-order valence-corrected chi connectivity index (χ3v) is 5.55. The van der Waals surface area contributed by atoms with Crippen LogP contribution in [0.1, 0.15) is 26.3 Å². The van der Waals surface area contributed by atoms with Gasteiger partial charge in [-0.1, -0.05) is 48.5 Å². The summed E-state index contributed by atoms with van der Waals surface area (Å²) in [5.74, 6) is -1.10. The first kappa shape index (κ1) is 25.4. The quantitative estimate of drug-likeness (QED) is 0.322. The van der Waals surface area contributed by atoms with Crippen molar-refractivity contribution >= 4 is 29.0 Å². The van der Waals surface area contributed by atoms with Gasteiger partial charge in [0.15, 0.2) is 0 Å². The van der Waals surface area contributed by atoms with Crippen molar-refractivity contribution in [3.63, 3.8) is 0 Å². The van der Waals surface area contributed by atoms with Crippen molar-refractivity contribution < 1.29 is 22.8 Å². The first-order chi connectivity index (χ1) is 17.6. The van der Waals surface area contributed by atoms with Gasteiger partial charge in [-0.15, -0.1) is 0 Å². The number of anilines is 3. The molecule has 6 nitrogen and oxygen atoms in total. The molecule has 0 saturated carbocycles. The maximum Gasteiger partial charge on any atom is 0.417 e. The number of alkyl halides is 3. The Morgan fingerprint density at radius 2 is 1.51 bits per heavy atom. The highest BCUT2D eigenvalue weighted by Gasteiger charge is 2.34. The zero-order chi connectivity index (χ0) is 26.6. The van der Waals surface area contributed by atoms with Crippen LogP contribution in [0, 0.1) is 0 Å². The predicted molar refractivity (Wildman–Crippen MR) is 138 cm³/mol. The van der Waals surface area contributed by atoms with E-state index >= 15 is 0 Å². The molecule has 0 spiro atoms. The Bertz CT molecular complexity index is 1440. The number of amides is 2. The molecule has 188 valence electrons. The molecule has 4 rings (SSSR count). The molecule has 1 heterocycles. The van der Waals surface area contributed by atoms with Crippen LogP contribution in [0.2, 0.25) is 0 Å². The van der Waals surface area contributed by atoms with E-state index in [2.05, 4.69) is 15.6 Å². The maximum atomic E-state index is 13.3. The van der Waals surface area contributed by atoms with Crippen LogP contribution < -0.4 is 15.5 Å². The molecular formula is C28H23F3N4O2. The molecule has 0 aliphatic carbocycles. The number of carbonyl (C=O) groups excluding carboxylic acids is 2. The van der Waals surface area contributed by atoms with Gasteiger partial charge in [0.1, 0.15) is 5.82 Å². The first-order valence-electron chi connectivity index (χ1n) is 11.3. The molecule has 2 amide bonds. The summed E-state index contributed by atoms with van der Waals surface area (Å²) >= 11 is 0. The minimum absolute atomic E-state index is 0.177. The van der Waals surface area contributed by atoms with Crippen molar-refractivity contribution in [3.05, 3.63) is 108 Å². The number of hydrogen-bond acceptors (Lipinski definition) is 4. The van der Waals surface area contributed by atoms with Crippen molar-refractivity contribution in [2.45, 2.75) is 6.18 Å². The number of hydrogen-bond donors (Lipinski definition) is 2.